The van der Waals surface area contributed by atoms with E-state index in [1.54, 1.807) is 11.5 Å². The standard InChI is InChI=1S/C26H27N5S2/c32-26(27-21-6-2-1-3-7-21)28-22-12-10-20(11-13-22)14-15-30-16-18-31(19-17-30)25-23-8-4-5-9-24(23)33-29-25/h1-13H,14-19H2,(H2,27,28,32). The highest BCUT2D eigenvalue weighted by Crippen LogP contribution is 2.29. The Morgan fingerprint density at radius 1 is 0.818 bits per heavy atom. The number of fused-ring (bicyclic) bond motifs is 1. The molecule has 168 valence electrons. The SMILES string of the molecule is S=C(Nc1ccccc1)Nc1ccc(CCN2CCN(c3nsc4ccccc34)CC2)cc1. The number of piperazine rings is 1. The van der Waals surface area contributed by atoms with Gasteiger partial charge in [-0.05, 0) is 72.1 Å². The quantitative estimate of drug-likeness (QED) is 0.362. The van der Waals surface area contributed by atoms with Crippen molar-refractivity contribution in [2.24, 2.45) is 0 Å². The van der Waals surface area contributed by atoms with Gasteiger partial charge in [-0.3, -0.25) is 4.90 Å². The van der Waals surface area contributed by atoms with Gasteiger partial charge in [0.25, 0.3) is 0 Å². The van der Waals surface area contributed by atoms with E-state index in [1.807, 2.05) is 30.3 Å². The molecule has 0 amide bonds. The van der Waals surface area contributed by atoms with Crippen LogP contribution in [0.2, 0.25) is 0 Å². The van der Waals surface area contributed by atoms with E-state index in [4.69, 9.17) is 16.6 Å². The fraction of sp³-hybridized carbons (Fsp3) is 0.231. The molecule has 1 fully saturated rings. The summed E-state index contributed by atoms with van der Waals surface area (Å²) in [5, 5.41) is 8.33. The first kappa shape index (κ1) is 21.8. The Labute approximate surface area is 204 Å². The van der Waals surface area contributed by atoms with Crippen molar-refractivity contribution in [3.63, 3.8) is 0 Å². The minimum atomic E-state index is 0.597. The van der Waals surface area contributed by atoms with Crippen LogP contribution < -0.4 is 15.5 Å². The highest BCUT2D eigenvalue weighted by atomic mass is 32.1. The predicted octanol–water partition coefficient (Wildman–Crippen LogP) is 5.47. The van der Waals surface area contributed by atoms with Gasteiger partial charge >= 0.3 is 0 Å². The van der Waals surface area contributed by atoms with Crippen molar-refractivity contribution >= 4 is 56.1 Å². The van der Waals surface area contributed by atoms with Gasteiger partial charge in [0.15, 0.2) is 5.11 Å². The Morgan fingerprint density at radius 3 is 2.24 bits per heavy atom. The van der Waals surface area contributed by atoms with Crippen LogP contribution in [0.15, 0.2) is 78.9 Å². The number of hydrogen-bond donors (Lipinski definition) is 2. The Hall–Kier alpha value is -3.00. The molecule has 0 saturated carbocycles. The first-order valence-electron chi connectivity index (χ1n) is 11.3. The number of benzene rings is 3. The molecule has 0 aliphatic carbocycles. The average molecular weight is 474 g/mol. The summed E-state index contributed by atoms with van der Waals surface area (Å²) in [7, 11) is 0. The zero-order valence-corrected chi connectivity index (χ0v) is 20.0. The Balaban J connectivity index is 1.08. The maximum absolute atomic E-state index is 5.42. The maximum atomic E-state index is 5.42. The molecular weight excluding hydrogens is 446 g/mol. The second-order valence-electron chi connectivity index (χ2n) is 8.22. The van der Waals surface area contributed by atoms with Crippen LogP contribution in [0, 0.1) is 0 Å². The van der Waals surface area contributed by atoms with E-state index in [2.05, 4.69) is 69.0 Å². The molecule has 5 nitrogen and oxygen atoms in total. The van der Waals surface area contributed by atoms with Gasteiger partial charge in [-0.2, -0.15) is 4.37 Å². The molecular formula is C26H27N5S2. The summed E-state index contributed by atoms with van der Waals surface area (Å²) in [6.07, 6.45) is 1.05. The fourth-order valence-corrected chi connectivity index (χ4v) is 5.17. The van der Waals surface area contributed by atoms with Crippen molar-refractivity contribution in [1.29, 1.82) is 0 Å². The largest absolute Gasteiger partial charge is 0.353 e. The van der Waals surface area contributed by atoms with Crippen LogP contribution in [0.1, 0.15) is 5.56 Å². The second-order valence-corrected chi connectivity index (χ2v) is 9.44. The lowest BCUT2D eigenvalue weighted by Gasteiger charge is -2.35. The van der Waals surface area contributed by atoms with Gasteiger partial charge in [0, 0.05) is 49.5 Å². The average Bonchev–Trinajstić information content (AvgIpc) is 3.29. The first-order valence-corrected chi connectivity index (χ1v) is 12.5. The molecule has 0 radical (unpaired) electrons. The molecule has 0 bridgehead atoms. The smallest absolute Gasteiger partial charge is 0.175 e. The number of thiocarbonyl (C=S) groups is 1. The zero-order valence-electron chi connectivity index (χ0n) is 18.4. The van der Waals surface area contributed by atoms with Crippen LogP contribution >= 0.6 is 23.8 Å². The summed E-state index contributed by atoms with van der Waals surface area (Å²) in [5.74, 6) is 1.15. The molecule has 1 saturated heterocycles. The van der Waals surface area contributed by atoms with Crippen LogP contribution in [-0.4, -0.2) is 47.1 Å². The highest BCUT2D eigenvalue weighted by molar-refractivity contribution is 7.80. The monoisotopic (exact) mass is 473 g/mol. The summed E-state index contributed by atoms with van der Waals surface area (Å²) >= 11 is 7.01. The van der Waals surface area contributed by atoms with E-state index in [-0.39, 0.29) is 0 Å². The van der Waals surface area contributed by atoms with Gasteiger partial charge in [-0.1, -0.05) is 42.5 Å². The molecule has 1 aliphatic rings. The molecule has 0 spiro atoms. The third-order valence-electron chi connectivity index (χ3n) is 5.99. The van der Waals surface area contributed by atoms with Crippen LogP contribution in [0.5, 0.6) is 0 Å². The number of rotatable bonds is 6. The predicted molar refractivity (Wildman–Crippen MR) is 145 cm³/mol. The number of anilines is 3. The van der Waals surface area contributed by atoms with E-state index in [0.717, 1.165) is 56.3 Å². The molecule has 1 aromatic heterocycles. The minimum absolute atomic E-state index is 0.597. The van der Waals surface area contributed by atoms with E-state index in [0.29, 0.717) is 5.11 Å². The van der Waals surface area contributed by atoms with E-state index in [1.165, 1.54) is 15.6 Å². The third kappa shape index (κ3) is 5.50. The molecule has 5 rings (SSSR count). The summed E-state index contributed by atoms with van der Waals surface area (Å²) in [6.45, 7) is 5.28. The Bertz CT molecular complexity index is 1200. The van der Waals surface area contributed by atoms with Crippen LogP contribution in [0.4, 0.5) is 17.2 Å². The fourth-order valence-electron chi connectivity index (χ4n) is 4.14. The van der Waals surface area contributed by atoms with Crippen molar-refractivity contribution in [3.05, 3.63) is 84.4 Å². The minimum Gasteiger partial charge on any atom is -0.353 e. The van der Waals surface area contributed by atoms with Gasteiger partial charge in [0.1, 0.15) is 5.82 Å². The van der Waals surface area contributed by atoms with Crippen molar-refractivity contribution in [3.8, 4) is 0 Å². The van der Waals surface area contributed by atoms with Gasteiger partial charge in [-0.15, -0.1) is 0 Å². The van der Waals surface area contributed by atoms with Crippen LogP contribution in [0.25, 0.3) is 10.1 Å². The molecule has 1 aliphatic heterocycles. The molecule has 4 aromatic rings. The number of nitrogens with one attached hydrogen (secondary N) is 2. The van der Waals surface area contributed by atoms with Crippen LogP contribution in [0.3, 0.4) is 0 Å². The van der Waals surface area contributed by atoms with Gasteiger partial charge in [0.2, 0.25) is 0 Å². The maximum Gasteiger partial charge on any atom is 0.175 e. The number of hydrogen-bond acceptors (Lipinski definition) is 5. The molecule has 3 aromatic carbocycles. The van der Waals surface area contributed by atoms with Crippen molar-refractivity contribution in [1.82, 2.24) is 9.27 Å². The van der Waals surface area contributed by atoms with E-state index in [9.17, 15) is 0 Å². The Morgan fingerprint density at radius 2 is 1.48 bits per heavy atom. The first-order chi connectivity index (χ1) is 16.2. The molecule has 0 atom stereocenters. The molecule has 0 unspecified atom stereocenters. The van der Waals surface area contributed by atoms with Crippen molar-refractivity contribution in [2.75, 3.05) is 48.3 Å². The lowest BCUT2D eigenvalue weighted by atomic mass is 10.1. The van der Waals surface area contributed by atoms with Crippen molar-refractivity contribution < 1.29 is 0 Å². The van der Waals surface area contributed by atoms with Crippen molar-refractivity contribution in [2.45, 2.75) is 6.42 Å². The second kappa shape index (κ2) is 10.3. The molecule has 7 heteroatoms. The normalized spacial score (nSPS) is 14.4. The Kier molecular flexibility index (Phi) is 6.81. The molecule has 33 heavy (non-hydrogen) atoms. The number of nitrogens with zero attached hydrogens (tertiary/aromatic N) is 3. The topological polar surface area (TPSA) is 43.4 Å². The van der Waals surface area contributed by atoms with Gasteiger partial charge in [-0.25, -0.2) is 0 Å². The van der Waals surface area contributed by atoms with Crippen LogP contribution in [-0.2, 0) is 6.42 Å². The van der Waals surface area contributed by atoms with E-state index >= 15 is 0 Å². The summed E-state index contributed by atoms with van der Waals surface area (Å²) < 4.78 is 5.99. The zero-order chi connectivity index (χ0) is 22.5. The highest BCUT2D eigenvalue weighted by Gasteiger charge is 2.20. The summed E-state index contributed by atoms with van der Waals surface area (Å²) in [5.41, 5.74) is 3.32. The van der Waals surface area contributed by atoms with E-state index < -0.39 is 0 Å². The molecule has 2 N–H and O–H groups in total. The summed E-state index contributed by atoms with van der Waals surface area (Å²) in [4.78, 5) is 4.98. The van der Waals surface area contributed by atoms with Gasteiger partial charge < -0.3 is 15.5 Å². The number of para-hydroxylation sites is 1. The lowest BCUT2D eigenvalue weighted by Crippen LogP contribution is -2.47. The van der Waals surface area contributed by atoms with Gasteiger partial charge in [0.05, 0.1) is 4.70 Å². The lowest BCUT2D eigenvalue weighted by molar-refractivity contribution is 0.261. The summed E-state index contributed by atoms with van der Waals surface area (Å²) in [6, 6.07) is 27.0. The molecule has 2 heterocycles. The third-order valence-corrected chi connectivity index (χ3v) is 7.01. The number of aromatic nitrogens is 1.